The highest BCUT2D eigenvalue weighted by Gasteiger charge is 2.44. The van der Waals surface area contributed by atoms with E-state index in [9.17, 15) is 0 Å². The van der Waals surface area contributed by atoms with Crippen molar-refractivity contribution in [3.05, 3.63) is 23.1 Å². The summed E-state index contributed by atoms with van der Waals surface area (Å²) in [7, 11) is 0. The van der Waals surface area contributed by atoms with Crippen LogP contribution >= 0.6 is 15.9 Å². The fourth-order valence-electron chi connectivity index (χ4n) is 3.45. The normalized spacial score (nSPS) is 25.0. The monoisotopic (exact) mass is 351 g/mol. The average molecular weight is 352 g/mol. The van der Waals surface area contributed by atoms with Crippen LogP contribution in [0.15, 0.2) is 23.1 Å². The fourth-order valence-corrected chi connectivity index (χ4v) is 3.85. The molecule has 4 rings (SSSR count). The van der Waals surface area contributed by atoms with Gasteiger partial charge in [-0.25, -0.2) is 9.97 Å². The van der Waals surface area contributed by atoms with Crippen LogP contribution in [0.5, 0.6) is 0 Å². The van der Waals surface area contributed by atoms with Crippen LogP contribution in [0, 0.1) is 5.41 Å². The second-order valence-corrected chi connectivity index (χ2v) is 6.85. The van der Waals surface area contributed by atoms with E-state index >= 15 is 0 Å². The van der Waals surface area contributed by atoms with Crippen LogP contribution in [0.4, 0.5) is 5.95 Å². The molecule has 2 aliphatic heterocycles. The number of hydrogen-bond donors (Lipinski definition) is 1. The molecule has 2 N–H and O–H groups in total. The zero-order valence-corrected chi connectivity index (χ0v) is 13.3. The maximum atomic E-state index is 6.24. The van der Waals surface area contributed by atoms with Crippen molar-refractivity contribution in [2.75, 3.05) is 31.2 Å². The van der Waals surface area contributed by atoms with Crippen LogP contribution in [-0.4, -0.2) is 46.7 Å². The van der Waals surface area contributed by atoms with Gasteiger partial charge < -0.3 is 15.4 Å². The predicted molar refractivity (Wildman–Crippen MR) is 83.4 cm³/mol. The number of nitrogens with zero attached hydrogens (tertiary/aromatic N) is 4. The van der Waals surface area contributed by atoms with E-state index in [1.807, 2.05) is 16.8 Å². The number of hydrogen-bond acceptors (Lipinski definition) is 5. The van der Waals surface area contributed by atoms with Crippen molar-refractivity contribution in [3.8, 4) is 0 Å². The molecule has 1 atom stereocenters. The Kier molecular flexibility index (Phi) is 3.16. The van der Waals surface area contributed by atoms with Gasteiger partial charge in [-0.2, -0.15) is 0 Å². The van der Waals surface area contributed by atoms with E-state index in [1.54, 1.807) is 6.20 Å². The summed E-state index contributed by atoms with van der Waals surface area (Å²) in [5, 5.41) is 0. The SMILES string of the molecule is N[C@@H]1COCC12CCN(c1ncc(Br)c3nccn13)CC2. The molecule has 2 aromatic heterocycles. The highest BCUT2D eigenvalue weighted by Crippen LogP contribution is 2.39. The van der Waals surface area contributed by atoms with E-state index in [-0.39, 0.29) is 11.5 Å². The van der Waals surface area contributed by atoms with Crippen LogP contribution in [0.3, 0.4) is 0 Å². The standard InChI is InChI=1S/C14H18BrN5O/c15-10-7-18-13(20-6-3-17-12(10)20)19-4-1-14(2-5-19)9-21-8-11(14)16/h3,6-7,11H,1-2,4-5,8-9,16H2/t11-/m1/s1. The van der Waals surface area contributed by atoms with Gasteiger partial charge in [0.05, 0.1) is 17.7 Å². The van der Waals surface area contributed by atoms with Crippen LogP contribution in [0.1, 0.15) is 12.8 Å². The largest absolute Gasteiger partial charge is 0.379 e. The summed E-state index contributed by atoms with van der Waals surface area (Å²) in [6, 6.07) is 0.172. The third-order valence-corrected chi connectivity index (χ3v) is 5.44. The van der Waals surface area contributed by atoms with Crippen molar-refractivity contribution < 1.29 is 4.74 Å². The lowest BCUT2D eigenvalue weighted by atomic mass is 9.75. The number of halogens is 1. The molecule has 0 amide bonds. The van der Waals surface area contributed by atoms with Gasteiger partial charge >= 0.3 is 0 Å². The van der Waals surface area contributed by atoms with Crippen LogP contribution < -0.4 is 10.6 Å². The average Bonchev–Trinajstić information content (AvgIpc) is 3.10. The van der Waals surface area contributed by atoms with Crippen molar-refractivity contribution in [2.45, 2.75) is 18.9 Å². The summed E-state index contributed by atoms with van der Waals surface area (Å²) in [5.74, 6) is 0.952. The topological polar surface area (TPSA) is 68.7 Å². The highest BCUT2D eigenvalue weighted by atomic mass is 79.9. The van der Waals surface area contributed by atoms with E-state index in [2.05, 4.69) is 30.8 Å². The number of imidazole rings is 1. The maximum Gasteiger partial charge on any atom is 0.211 e. The smallest absolute Gasteiger partial charge is 0.211 e. The Balaban J connectivity index is 1.61. The Bertz CT molecular complexity index is 664. The third-order valence-electron chi connectivity index (χ3n) is 4.88. The van der Waals surface area contributed by atoms with Gasteiger partial charge in [0.2, 0.25) is 5.95 Å². The first kappa shape index (κ1) is 13.5. The van der Waals surface area contributed by atoms with E-state index in [0.29, 0.717) is 6.61 Å². The van der Waals surface area contributed by atoms with E-state index < -0.39 is 0 Å². The summed E-state index contributed by atoms with van der Waals surface area (Å²) in [5.41, 5.74) is 7.31. The molecule has 6 nitrogen and oxygen atoms in total. The van der Waals surface area contributed by atoms with Crippen LogP contribution in [-0.2, 0) is 4.74 Å². The number of ether oxygens (including phenoxy) is 1. The first-order chi connectivity index (χ1) is 10.2. The zero-order valence-electron chi connectivity index (χ0n) is 11.7. The Hall–Kier alpha value is -1.18. The molecule has 2 aliphatic rings. The van der Waals surface area contributed by atoms with Crippen molar-refractivity contribution in [1.29, 1.82) is 0 Å². The lowest BCUT2D eigenvalue weighted by molar-refractivity contribution is 0.131. The predicted octanol–water partition coefficient (Wildman–Crippen LogP) is 1.44. The number of nitrogens with two attached hydrogens (primary N) is 1. The second-order valence-electron chi connectivity index (χ2n) is 6.00. The molecule has 0 unspecified atom stereocenters. The molecule has 0 aromatic carbocycles. The van der Waals surface area contributed by atoms with Gasteiger partial charge in [0, 0.05) is 43.1 Å². The van der Waals surface area contributed by atoms with Gasteiger partial charge in [-0.1, -0.05) is 0 Å². The first-order valence-corrected chi connectivity index (χ1v) is 8.05. The lowest BCUT2D eigenvalue weighted by Gasteiger charge is -2.41. The van der Waals surface area contributed by atoms with Gasteiger partial charge in [0.25, 0.3) is 0 Å². The quantitative estimate of drug-likeness (QED) is 0.841. The van der Waals surface area contributed by atoms with E-state index in [4.69, 9.17) is 10.5 Å². The Morgan fingerprint density at radius 3 is 2.86 bits per heavy atom. The molecule has 112 valence electrons. The van der Waals surface area contributed by atoms with Crippen molar-refractivity contribution >= 4 is 27.5 Å². The van der Waals surface area contributed by atoms with E-state index in [0.717, 1.165) is 48.6 Å². The second kappa shape index (κ2) is 4.93. The van der Waals surface area contributed by atoms with Crippen molar-refractivity contribution in [2.24, 2.45) is 11.1 Å². The number of rotatable bonds is 1. The summed E-state index contributed by atoms with van der Waals surface area (Å²) >= 11 is 3.49. The fraction of sp³-hybridized carbons (Fsp3) is 0.571. The minimum Gasteiger partial charge on any atom is -0.379 e. The summed E-state index contributed by atoms with van der Waals surface area (Å²) in [6.07, 6.45) is 7.70. The molecule has 7 heteroatoms. The highest BCUT2D eigenvalue weighted by molar-refractivity contribution is 9.10. The van der Waals surface area contributed by atoms with Crippen LogP contribution in [0.25, 0.3) is 5.65 Å². The molecule has 0 aliphatic carbocycles. The molecule has 2 saturated heterocycles. The molecule has 1 spiro atoms. The number of anilines is 1. The molecule has 21 heavy (non-hydrogen) atoms. The van der Waals surface area contributed by atoms with Gasteiger partial charge in [0.1, 0.15) is 0 Å². The zero-order chi connectivity index (χ0) is 14.4. The van der Waals surface area contributed by atoms with Crippen molar-refractivity contribution in [1.82, 2.24) is 14.4 Å². The third kappa shape index (κ3) is 2.06. The molecular weight excluding hydrogens is 334 g/mol. The minimum atomic E-state index is 0.167. The van der Waals surface area contributed by atoms with Crippen LogP contribution in [0.2, 0.25) is 0 Å². The Morgan fingerprint density at radius 1 is 1.33 bits per heavy atom. The number of fused-ring (bicyclic) bond motifs is 1. The number of piperidine rings is 1. The van der Waals surface area contributed by atoms with Crippen molar-refractivity contribution in [3.63, 3.8) is 0 Å². The summed E-state index contributed by atoms with van der Waals surface area (Å²) in [4.78, 5) is 11.3. The molecule has 4 heterocycles. The molecule has 0 radical (unpaired) electrons. The maximum absolute atomic E-state index is 6.24. The number of aromatic nitrogens is 3. The molecule has 2 fully saturated rings. The molecular formula is C14H18BrN5O. The molecule has 2 aromatic rings. The van der Waals surface area contributed by atoms with Gasteiger partial charge in [-0.15, -0.1) is 0 Å². The first-order valence-electron chi connectivity index (χ1n) is 7.25. The Morgan fingerprint density at radius 2 is 2.14 bits per heavy atom. The summed E-state index contributed by atoms with van der Waals surface area (Å²) in [6.45, 7) is 3.41. The van der Waals surface area contributed by atoms with Gasteiger partial charge in [-0.3, -0.25) is 4.40 Å². The lowest BCUT2D eigenvalue weighted by Crippen LogP contribution is -2.49. The Labute approximate surface area is 131 Å². The summed E-state index contributed by atoms with van der Waals surface area (Å²) < 4.78 is 8.53. The van der Waals surface area contributed by atoms with Gasteiger partial charge in [0.15, 0.2) is 5.65 Å². The van der Waals surface area contributed by atoms with Gasteiger partial charge in [-0.05, 0) is 28.8 Å². The van der Waals surface area contributed by atoms with E-state index in [1.165, 1.54) is 0 Å². The molecule has 0 saturated carbocycles. The molecule has 0 bridgehead atoms. The minimum absolute atomic E-state index is 0.167.